The molecule has 1 N–H and O–H groups in total. The molecule has 20 heavy (non-hydrogen) atoms. The smallest absolute Gasteiger partial charge is 0.00965 e. The van der Waals surface area contributed by atoms with Crippen molar-refractivity contribution in [1.29, 1.82) is 0 Å². The molecule has 1 aromatic carbocycles. The molecule has 1 aromatic rings. The molecular weight excluding hydrogens is 242 g/mol. The molecule has 1 rings (SSSR count). The van der Waals surface area contributed by atoms with Gasteiger partial charge in [-0.1, -0.05) is 44.5 Å². The largest absolute Gasteiger partial charge is 0.312 e. The van der Waals surface area contributed by atoms with E-state index in [1.807, 2.05) is 0 Å². The lowest BCUT2D eigenvalue weighted by atomic mass is 10.00. The van der Waals surface area contributed by atoms with Crippen LogP contribution in [0.5, 0.6) is 0 Å². The maximum Gasteiger partial charge on any atom is 0.00965 e. The molecule has 0 unspecified atom stereocenters. The Morgan fingerprint density at radius 1 is 0.900 bits per heavy atom. The second-order valence-electron chi connectivity index (χ2n) is 7.40. The molecule has 1 nitrogen and oxygen atoms in total. The fraction of sp³-hybridized carbons (Fsp3) is 0.684. The average molecular weight is 275 g/mol. The van der Waals surface area contributed by atoms with Gasteiger partial charge in [0.05, 0.1) is 0 Å². The van der Waals surface area contributed by atoms with Crippen LogP contribution in [0.1, 0.15) is 65.0 Å². The van der Waals surface area contributed by atoms with Gasteiger partial charge in [-0.25, -0.2) is 0 Å². The molecule has 0 aliphatic rings. The summed E-state index contributed by atoms with van der Waals surface area (Å²) in [5.74, 6) is 0.746. The molecule has 0 atom stereocenters. The minimum Gasteiger partial charge on any atom is -0.312 e. The van der Waals surface area contributed by atoms with E-state index < -0.39 is 0 Å². The van der Waals surface area contributed by atoms with E-state index in [0.717, 1.165) is 12.5 Å². The third-order valence-corrected chi connectivity index (χ3v) is 3.46. The monoisotopic (exact) mass is 275 g/mol. The molecule has 0 amide bonds. The predicted molar refractivity (Wildman–Crippen MR) is 90.3 cm³/mol. The SMILES string of the molecule is CC(C)Cc1ccc(CCCCCNC(C)(C)C)cc1. The second kappa shape index (κ2) is 8.46. The summed E-state index contributed by atoms with van der Waals surface area (Å²) < 4.78 is 0. The molecule has 0 saturated heterocycles. The third kappa shape index (κ3) is 8.37. The van der Waals surface area contributed by atoms with Crippen molar-refractivity contribution in [2.75, 3.05) is 6.54 Å². The summed E-state index contributed by atoms with van der Waals surface area (Å²) in [4.78, 5) is 0. The van der Waals surface area contributed by atoms with Crippen molar-refractivity contribution < 1.29 is 0 Å². The van der Waals surface area contributed by atoms with Gasteiger partial charge in [0.1, 0.15) is 0 Å². The molecule has 0 aliphatic carbocycles. The van der Waals surface area contributed by atoms with E-state index in [-0.39, 0.29) is 5.54 Å². The third-order valence-electron chi connectivity index (χ3n) is 3.46. The van der Waals surface area contributed by atoms with Gasteiger partial charge in [0.15, 0.2) is 0 Å². The molecule has 0 aliphatic heterocycles. The van der Waals surface area contributed by atoms with Crippen molar-refractivity contribution >= 4 is 0 Å². The highest BCUT2D eigenvalue weighted by molar-refractivity contribution is 5.22. The Balaban J connectivity index is 2.16. The fourth-order valence-corrected chi connectivity index (χ4v) is 2.41. The maximum absolute atomic E-state index is 3.55. The van der Waals surface area contributed by atoms with E-state index in [2.05, 4.69) is 64.2 Å². The molecule has 1 heteroatoms. The van der Waals surface area contributed by atoms with Crippen molar-refractivity contribution in [3.63, 3.8) is 0 Å². The zero-order valence-electron chi connectivity index (χ0n) is 14.1. The van der Waals surface area contributed by atoms with Crippen LogP contribution in [0.2, 0.25) is 0 Å². The number of hydrogen-bond acceptors (Lipinski definition) is 1. The average Bonchev–Trinajstić information content (AvgIpc) is 2.33. The molecule has 0 bridgehead atoms. The van der Waals surface area contributed by atoms with Crippen molar-refractivity contribution in [2.24, 2.45) is 5.92 Å². The Hall–Kier alpha value is -0.820. The van der Waals surface area contributed by atoms with E-state index in [1.165, 1.54) is 43.2 Å². The van der Waals surface area contributed by atoms with Gasteiger partial charge in [0, 0.05) is 5.54 Å². The normalized spacial score (nSPS) is 12.1. The molecule has 0 fully saturated rings. The lowest BCUT2D eigenvalue weighted by Gasteiger charge is -2.20. The second-order valence-corrected chi connectivity index (χ2v) is 7.40. The first-order valence-electron chi connectivity index (χ1n) is 8.19. The van der Waals surface area contributed by atoms with Crippen LogP contribution in [0.25, 0.3) is 0 Å². The van der Waals surface area contributed by atoms with Gasteiger partial charge in [-0.15, -0.1) is 0 Å². The summed E-state index contributed by atoms with van der Waals surface area (Å²) >= 11 is 0. The number of nitrogens with one attached hydrogen (secondary N) is 1. The molecule has 0 spiro atoms. The number of benzene rings is 1. The molecule has 114 valence electrons. The minimum atomic E-state index is 0.256. The van der Waals surface area contributed by atoms with E-state index in [9.17, 15) is 0 Å². The summed E-state index contributed by atoms with van der Waals surface area (Å²) in [7, 11) is 0. The molecule has 0 radical (unpaired) electrons. The summed E-state index contributed by atoms with van der Waals surface area (Å²) in [6.45, 7) is 12.4. The zero-order valence-corrected chi connectivity index (χ0v) is 14.1. The van der Waals surface area contributed by atoms with Crippen LogP contribution >= 0.6 is 0 Å². The van der Waals surface area contributed by atoms with E-state index in [4.69, 9.17) is 0 Å². The van der Waals surface area contributed by atoms with Gasteiger partial charge in [-0.05, 0) is 70.0 Å². The van der Waals surface area contributed by atoms with Crippen LogP contribution in [-0.4, -0.2) is 12.1 Å². The minimum absolute atomic E-state index is 0.256. The van der Waals surface area contributed by atoms with Gasteiger partial charge in [-0.3, -0.25) is 0 Å². The van der Waals surface area contributed by atoms with Crippen molar-refractivity contribution in [3.8, 4) is 0 Å². The van der Waals surface area contributed by atoms with E-state index in [1.54, 1.807) is 0 Å². The predicted octanol–water partition coefficient (Wildman–Crippen LogP) is 4.99. The summed E-state index contributed by atoms with van der Waals surface area (Å²) in [5, 5.41) is 3.55. The van der Waals surface area contributed by atoms with Crippen molar-refractivity contribution in [1.82, 2.24) is 5.32 Å². The first-order chi connectivity index (χ1) is 9.37. The van der Waals surface area contributed by atoms with Gasteiger partial charge in [0.25, 0.3) is 0 Å². The van der Waals surface area contributed by atoms with Crippen molar-refractivity contribution in [2.45, 2.75) is 72.3 Å². The van der Waals surface area contributed by atoms with Crippen LogP contribution in [0.4, 0.5) is 0 Å². The number of hydrogen-bond donors (Lipinski definition) is 1. The number of unbranched alkanes of at least 4 members (excludes halogenated alkanes) is 2. The lowest BCUT2D eigenvalue weighted by molar-refractivity contribution is 0.417. The number of rotatable bonds is 8. The standard InChI is InChI=1S/C19H33N/c1-16(2)15-18-12-10-17(11-13-18)9-7-6-8-14-20-19(3,4)5/h10-13,16,20H,6-9,14-15H2,1-5H3. The zero-order chi connectivity index (χ0) is 15.0. The Kier molecular flexibility index (Phi) is 7.29. The van der Waals surface area contributed by atoms with Crippen LogP contribution in [0.3, 0.4) is 0 Å². The molecule has 0 aromatic heterocycles. The summed E-state index contributed by atoms with van der Waals surface area (Å²) in [5.41, 5.74) is 3.21. The van der Waals surface area contributed by atoms with Crippen LogP contribution < -0.4 is 5.32 Å². The Labute approximate surface area is 126 Å². The highest BCUT2D eigenvalue weighted by atomic mass is 14.9. The van der Waals surface area contributed by atoms with E-state index in [0.29, 0.717) is 0 Å². The highest BCUT2D eigenvalue weighted by Gasteiger charge is 2.06. The van der Waals surface area contributed by atoms with E-state index >= 15 is 0 Å². The van der Waals surface area contributed by atoms with Crippen LogP contribution in [0, 0.1) is 5.92 Å². The van der Waals surface area contributed by atoms with Gasteiger partial charge in [0.2, 0.25) is 0 Å². The highest BCUT2D eigenvalue weighted by Crippen LogP contribution is 2.12. The van der Waals surface area contributed by atoms with Crippen molar-refractivity contribution in [3.05, 3.63) is 35.4 Å². The number of aryl methyl sites for hydroxylation is 1. The van der Waals surface area contributed by atoms with Gasteiger partial charge < -0.3 is 5.32 Å². The van der Waals surface area contributed by atoms with Gasteiger partial charge >= 0.3 is 0 Å². The Morgan fingerprint density at radius 3 is 2.05 bits per heavy atom. The topological polar surface area (TPSA) is 12.0 Å². The lowest BCUT2D eigenvalue weighted by Crippen LogP contribution is -2.36. The Bertz CT molecular complexity index is 356. The van der Waals surface area contributed by atoms with Crippen LogP contribution in [-0.2, 0) is 12.8 Å². The summed E-state index contributed by atoms with van der Waals surface area (Å²) in [6, 6.07) is 9.23. The summed E-state index contributed by atoms with van der Waals surface area (Å²) in [6.07, 6.45) is 6.31. The molecule has 0 saturated carbocycles. The first kappa shape index (κ1) is 17.2. The fourth-order valence-electron chi connectivity index (χ4n) is 2.41. The maximum atomic E-state index is 3.55. The van der Waals surface area contributed by atoms with Crippen LogP contribution in [0.15, 0.2) is 24.3 Å². The quantitative estimate of drug-likeness (QED) is 0.659. The Morgan fingerprint density at radius 2 is 1.50 bits per heavy atom. The molecule has 0 heterocycles. The van der Waals surface area contributed by atoms with Gasteiger partial charge in [-0.2, -0.15) is 0 Å². The molecular formula is C19H33N. The first-order valence-corrected chi connectivity index (χ1v) is 8.19.